The normalized spacial score (nSPS) is 10.3. The second-order valence-corrected chi connectivity index (χ2v) is 4.11. The molecule has 0 saturated heterocycles. The molecule has 2 N–H and O–H groups in total. The van der Waals surface area contributed by atoms with Gasteiger partial charge >= 0.3 is 5.97 Å². The second kappa shape index (κ2) is 7.63. The third-order valence-corrected chi connectivity index (χ3v) is 2.73. The summed E-state index contributed by atoms with van der Waals surface area (Å²) in [5, 5.41) is 0. The molecule has 0 saturated carbocycles. The summed E-state index contributed by atoms with van der Waals surface area (Å²) < 4.78 is 10.3. The van der Waals surface area contributed by atoms with Gasteiger partial charge in [0.25, 0.3) is 0 Å². The van der Waals surface area contributed by atoms with Gasteiger partial charge < -0.3 is 20.1 Å². The van der Waals surface area contributed by atoms with Crippen molar-refractivity contribution in [2.24, 2.45) is 0 Å². The lowest BCUT2D eigenvalue weighted by Crippen LogP contribution is -2.24. The van der Waals surface area contributed by atoms with Crippen molar-refractivity contribution in [2.75, 3.05) is 44.0 Å². The highest BCUT2D eigenvalue weighted by atomic mass is 16.5. The van der Waals surface area contributed by atoms with E-state index in [-0.39, 0.29) is 5.97 Å². The van der Waals surface area contributed by atoms with Crippen LogP contribution in [0.25, 0.3) is 0 Å². The SMILES string of the molecule is CCOCCN(C)c1cc(C(=O)OCC)ccc1N. The number of benzene rings is 1. The predicted molar refractivity (Wildman–Crippen MR) is 76.6 cm³/mol. The Balaban J connectivity index is 2.81. The third kappa shape index (κ3) is 4.44. The number of anilines is 2. The number of nitrogens with two attached hydrogens (primary N) is 1. The highest BCUT2D eigenvalue weighted by Crippen LogP contribution is 2.23. The van der Waals surface area contributed by atoms with E-state index in [1.807, 2.05) is 18.9 Å². The number of hydrogen-bond donors (Lipinski definition) is 1. The van der Waals surface area contributed by atoms with Crippen molar-refractivity contribution in [3.05, 3.63) is 23.8 Å². The van der Waals surface area contributed by atoms with Gasteiger partial charge in [0.15, 0.2) is 0 Å². The average molecular weight is 266 g/mol. The molecule has 0 aromatic heterocycles. The van der Waals surface area contributed by atoms with E-state index in [2.05, 4.69) is 0 Å². The lowest BCUT2D eigenvalue weighted by molar-refractivity contribution is 0.0526. The predicted octanol–water partition coefficient (Wildman–Crippen LogP) is 1.92. The summed E-state index contributed by atoms with van der Waals surface area (Å²) in [6, 6.07) is 5.14. The molecule has 1 rings (SSSR count). The number of carbonyl (C=O) groups excluding carboxylic acids is 1. The monoisotopic (exact) mass is 266 g/mol. The van der Waals surface area contributed by atoms with Gasteiger partial charge in [-0.05, 0) is 32.0 Å². The number of carbonyl (C=O) groups is 1. The molecule has 0 aliphatic rings. The number of hydrogen-bond acceptors (Lipinski definition) is 5. The van der Waals surface area contributed by atoms with E-state index < -0.39 is 0 Å². The molecule has 5 nitrogen and oxygen atoms in total. The van der Waals surface area contributed by atoms with Gasteiger partial charge in [-0.2, -0.15) is 0 Å². The van der Waals surface area contributed by atoms with Crippen LogP contribution in [0.15, 0.2) is 18.2 Å². The van der Waals surface area contributed by atoms with Crippen molar-refractivity contribution < 1.29 is 14.3 Å². The number of nitrogens with zero attached hydrogens (tertiary/aromatic N) is 1. The topological polar surface area (TPSA) is 64.8 Å². The molecular formula is C14H22N2O3. The molecule has 1 aromatic carbocycles. The summed E-state index contributed by atoms with van der Waals surface area (Å²) in [7, 11) is 1.92. The summed E-state index contributed by atoms with van der Waals surface area (Å²) in [5.41, 5.74) is 7.88. The van der Waals surface area contributed by atoms with Gasteiger partial charge in [-0.25, -0.2) is 4.79 Å². The van der Waals surface area contributed by atoms with Crippen LogP contribution in [0.2, 0.25) is 0 Å². The van der Waals surface area contributed by atoms with Crippen LogP contribution in [-0.4, -0.2) is 39.4 Å². The zero-order chi connectivity index (χ0) is 14.3. The zero-order valence-electron chi connectivity index (χ0n) is 11.8. The van der Waals surface area contributed by atoms with Crippen LogP contribution < -0.4 is 10.6 Å². The molecule has 0 heterocycles. The first kappa shape index (κ1) is 15.3. The largest absolute Gasteiger partial charge is 0.462 e. The van der Waals surface area contributed by atoms with Crippen LogP contribution in [-0.2, 0) is 9.47 Å². The molecule has 0 fully saturated rings. The standard InChI is InChI=1S/C14H22N2O3/c1-4-18-9-8-16(3)13-10-11(6-7-12(13)15)14(17)19-5-2/h6-7,10H,4-5,8-9,15H2,1-3H3. The number of nitrogen functional groups attached to an aromatic ring is 1. The van der Waals surface area contributed by atoms with E-state index in [9.17, 15) is 4.79 Å². The highest BCUT2D eigenvalue weighted by Gasteiger charge is 2.11. The molecule has 0 aliphatic heterocycles. The first-order chi connectivity index (χ1) is 9.10. The second-order valence-electron chi connectivity index (χ2n) is 4.11. The molecule has 1 aromatic rings. The quantitative estimate of drug-likeness (QED) is 0.464. The van der Waals surface area contributed by atoms with Gasteiger partial charge in [-0.1, -0.05) is 0 Å². The molecule has 0 atom stereocenters. The Hall–Kier alpha value is -1.75. The van der Waals surface area contributed by atoms with Crippen LogP contribution in [0.1, 0.15) is 24.2 Å². The summed E-state index contributed by atoms with van der Waals surface area (Å²) >= 11 is 0. The van der Waals surface area contributed by atoms with E-state index in [0.717, 1.165) is 5.69 Å². The van der Waals surface area contributed by atoms with Gasteiger partial charge in [-0.15, -0.1) is 0 Å². The van der Waals surface area contributed by atoms with E-state index in [4.69, 9.17) is 15.2 Å². The maximum absolute atomic E-state index is 11.7. The lowest BCUT2D eigenvalue weighted by Gasteiger charge is -2.21. The first-order valence-corrected chi connectivity index (χ1v) is 6.45. The Bertz CT molecular complexity index is 421. The molecule has 0 spiro atoms. The molecule has 19 heavy (non-hydrogen) atoms. The lowest BCUT2D eigenvalue weighted by atomic mass is 10.1. The van der Waals surface area contributed by atoms with Crippen molar-refractivity contribution >= 4 is 17.3 Å². The van der Waals surface area contributed by atoms with Crippen LogP contribution >= 0.6 is 0 Å². The van der Waals surface area contributed by atoms with E-state index in [1.54, 1.807) is 25.1 Å². The van der Waals surface area contributed by atoms with Gasteiger partial charge in [0.1, 0.15) is 0 Å². The Morgan fingerprint density at radius 1 is 1.32 bits per heavy atom. The smallest absolute Gasteiger partial charge is 0.338 e. The minimum absolute atomic E-state index is 0.332. The van der Waals surface area contributed by atoms with Crippen LogP contribution in [0.4, 0.5) is 11.4 Å². The number of rotatable bonds is 7. The van der Waals surface area contributed by atoms with Gasteiger partial charge in [0.05, 0.1) is 30.2 Å². The Labute approximate surface area is 114 Å². The highest BCUT2D eigenvalue weighted by molar-refractivity contribution is 5.92. The third-order valence-electron chi connectivity index (χ3n) is 2.73. The summed E-state index contributed by atoms with van der Waals surface area (Å²) in [6.45, 7) is 6.12. The maximum atomic E-state index is 11.7. The first-order valence-electron chi connectivity index (χ1n) is 6.45. The molecule has 0 radical (unpaired) electrons. The van der Waals surface area contributed by atoms with Crippen LogP contribution in [0.5, 0.6) is 0 Å². The van der Waals surface area contributed by atoms with Gasteiger partial charge in [-0.3, -0.25) is 0 Å². The molecule has 106 valence electrons. The van der Waals surface area contributed by atoms with Crippen molar-refractivity contribution in [3.63, 3.8) is 0 Å². The summed E-state index contributed by atoms with van der Waals surface area (Å²) in [4.78, 5) is 13.7. The molecule has 0 aliphatic carbocycles. The zero-order valence-corrected chi connectivity index (χ0v) is 11.8. The van der Waals surface area contributed by atoms with Crippen LogP contribution in [0.3, 0.4) is 0 Å². The molecule has 0 unspecified atom stereocenters. The van der Waals surface area contributed by atoms with E-state index in [0.29, 0.717) is 37.6 Å². The maximum Gasteiger partial charge on any atom is 0.338 e. The fourth-order valence-electron chi connectivity index (χ4n) is 1.68. The van der Waals surface area contributed by atoms with Crippen molar-refractivity contribution in [1.29, 1.82) is 0 Å². The molecule has 5 heteroatoms. The fourth-order valence-corrected chi connectivity index (χ4v) is 1.68. The summed E-state index contributed by atoms with van der Waals surface area (Å²) in [6.07, 6.45) is 0. The van der Waals surface area contributed by atoms with Crippen molar-refractivity contribution in [2.45, 2.75) is 13.8 Å². The van der Waals surface area contributed by atoms with Crippen molar-refractivity contribution in [1.82, 2.24) is 0 Å². The molecular weight excluding hydrogens is 244 g/mol. The fraction of sp³-hybridized carbons (Fsp3) is 0.500. The Kier molecular flexibility index (Phi) is 6.15. The summed E-state index contributed by atoms with van der Waals surface area (Å²) in [5.74, 6) is -0.332. The number of ether oxygens (including phenoxy) is 2. The Morgan fingerprint density at radius 2 is 2.05 bits per heavy atom. The average Bonchev–Trinajstić information content (AvgIpc) is 2.39. The van der Waals surface area contributed by atoms with Crippen molar-refractivity contribution in [3.8, 4) is 0 Å². The van der Waals surface area contributed by atoms with Crippen LogP contribution in [0, 0.1) is 0 Å². The number of esters is 1. The minimum Gasteiger partial charge on any atom is -0.462 e. The number of likely N-dealkylation sites (N-methyl/N-ethyl adjacent to an activating group) is 1. The van der Waals surface area contributed by atoms with E-state index >= 15 is 0 Å². The molecule has 0 amide bonds. The Morgan fingerprint density at radius 3 is 2.68 bits per heavy atom. The van der Waals surface area contributed by atoms with Gasteiger partial charge in [0.2, 0.25) is 0 Å². The minimum atomic E-state index is -0.332. The van der Waals surface area contributed by atoms with Gasteiger partial charge in [0, 0.05) is 20.2 Å². The van der Waals surface area contributed by atoms with E-state index in [1.165, 1.54) is 0 Å². The molecule has 0 bridgehead atoms.